The Bertz CT molecular complexity index is 526. The van der Waals surface area contributed by atoms with Crippen molar-refractivity contribution < 1.29 is 8.42 Å². The second-order valence-electron chi connectivity index (χ2n) is 4.79. The number of hydrogen-bond acceptors (Lipinski definition) is 3. The van der Waals surface area contributed by atoms with Crippen LogP contribution in [0.1, 0.15) is 24.0 Å². The summed E-state index contributed by atoms with van der Waals surface area (Å²) in [5, 5.41) is 0. The Hall–Kier alpha value is -1.07. The van der Waals surface area contributed by atoms with Gasteiger partial charge in [-0.15, -0.1) is 0 Å². The van der Waals surface area contributed by atoms with E-state index in [0.29, 0.717) is 13.1 Å². The second kappa shape index (κ2) is 5.28. The first-order valence-corrected chi connectivity index (χ1v) is 8.17. The smallest absolute Gasteiger partial charge is 0.232 e. The first-order valence-electron chi connectivity index (χ1n) is 6.32. The summed E-state index contributed by atoms with van der Waals surface area (Å²) in [7, 11) is -3.16. The van der Waals surface area contributed by atoms with Crippen molar-refractivity contribution in [3.8, 4) is 0 Å². The fourth-order valence-electron chi connectivity index (χ4n) is 2.42. The zero-order valence-electron chi connectivity index (χ0n) is 10.7. The highest BCUT2D eigenvalue weighted by Gasteiger charge is 2.23. The number of rotatable bonds is 4. The minimum absolute atomic E-state index is 0.591. The van der Waals surface area contributed by atoms with Crippen molar-refractivity contribution in [2.45, 2.75) is 25.7 Å². The van der Waals surface area contributed by atoms with Gasteiger partial charge in [-0.3, -0.25) is 4.31 Å². The summed E-state index contributed by atoms with van der Waals surface area (Å²) in [5.41, 5.74) is 8.74. The lowest BCUT2D eigenvalue weighted by atomic mass is 9.99. The Kier molecular flexibility index (Phi) is 3.92. The van der Waals surface area contributed by atoms with E-state index in [-0.39, 0.29) is 0 Å². The van der Waals surface area contributed by atoms with E-state index >= 15 is 0 Å². The quantitative estimate of drug-likeness (QED) is 0.895. The lowest BCUT2D eigenvalue weighted by Crippen LogP contribution is -2.34. The molecule has 5 heteroatoms. The van der Waals surface area contributed by atoms with Crippen molar-refractivity contribution in [3.05, 3.63) is 29.3 Å². The first kappa shape index (κ1) is 13.4. The molecule has 2 rings (SSSR count). The molecule has 0 unspecified atom stereocenters. The van der Waals surface area contributed by atoms with Crippen LogP contribution in [0.5, 0.6) is 0 Å². The summed E-state index contributed by atoms with van der Waals surface area (Å²) >= 11 is 0. The molecule has 0 saturated carbocycles. The fraction of sp³-hybridized carbons (Fsp3) is 0.538. The van der Waals surface area contributed by atoms with E-state index < -0.39 is 10.0 Å². The van der Waals surface area contributed by atoms with Gasteiger partial charge in [0.15, 0.2) is 0 Å². The summed E-state index contributed by atoms with van der Waals surface area (Å²) < 4.78 is 24.9. The van der Waals surface area contributed by atoms with Gasteiger partial charge in [-0.1, -0.05) is 12.1 Å². The zero-order chi connectivity index (χ0) is 13.2. The minimum Gasteiger partial charge on any atom is -0.330 e. The highest BCUT2D eigenvalue weighted by atomic mass is 32.2. The van der Waals surface area contributed by atoms with Crippen LogP contribution in [0.25, 0.3) is 0 Å². The van der Waals surface area contributed by atoms with Gasteiger partial charge in [0.05, 0.1) is 11.9 Å². The topological polar surface area (TPSA) is 63.4 Å². The predicted molar refractivity (Wildman–Crippen MR) is 74.3 cm³/mol. The van der Waals surface area contributed by atoms with E-state index in [1.165, 1.54) is 16.1 Å². The maximum atomic E-state index is 11.7. The molecule has 0 amide bonds. The van der Waals surface area contributed by atoms with Gasteiger partial charge in [-0.25, -0.2) is 8.42 Å². The van der Waals surface area contributed by atoms with Crippen molar-refractivity contribution in [2.24, 2.45) is 5.73 Å². The number of aryl methyl sites for hydroxylation is 2. The third-order valence-electron chi connectivity index (χ3n) is 3.29. The first-order chi connectivity index (χ1) is 8.52. The van der Waals surface area contributed by atoms with Gasteiger partial charge in [-0.05, 0) is 49.4 Å². The summed E-state index contributed by atoms with van der Waals surface area (Å²) in [5.74, 6) is 0. The molecule has 1 aromatic rings. The minimum atomic E-state index is -3.16. The lowest BCUT2D eigenvalue weighted by Gasteiger charge is -2.29. The van der Waals surface area contributed by atoms with Crippen LogP contribution >= 0.6 is 0 Å². The van der Waals surface area contributed by atoms with Gasteiger partial charge in [0.1, 0.15) is 0 Å². The van der Waals surface area contributed by atoms with Crippen molar-refractivity contribution in [1.82, 2.24) is 0 Å². The number of hydrogen-bond donors (Lipinski definition) is 1. The van der Waals surface area contributed by atoms with Gasteiger partial charge in [-0.2, -0.15) is 0 Å². The van der Waals surface area contributed by atoms with Gasteiger partial charge in [0, 0.05) is 6.54 Å². The molecule has 0 saturated heterocycles. The van der Waals surface area contributed by atoms with Gasteiger partial charge >= 0.3 is 0 Å². The number of benzene rings is 1. The summed E-state index contributed by atoms with van der Waals surface area (Å²) in [6, 6.07) is 6.07. The van der Waals surface area contributed by atoms with Crippen molar-refractivity contribution in [1.29, 1.82) is 0 Å². The molecule has 0 atom stereocenters. The molecule has 1 aromatic carbocycles. The molecular formula is C13H20N2O2S. The standard InChI is InChI=1S/C13H20N2O2S/c1-18(16,17)15-9-3-5-12-10-11(4-2-8-14)6-7-13(12)15/h6-7,10H,2-5,8-9,14H2,1H3. The Balaban J connectivity index is 2.31. The third kappa shape index (κ3) is 2.84. The van der Waals surface area contributed by atoms with Crippen LogP contribution < -0.4 is 10.0 Å². The summed E-state index contributed by atoms with van der Waals surface area (Å²) in [6.45, 7) is 1.28. The Morgan fingerprint density at radius 3 is 2.83 bits per heavy atom. The summed E-state index contributed by atoms with van der Waals surface area (Å²) in [4.78, 5) is 0. The maximum absolute atomic E-state index is 11.7. The normalized spacial score (nSPS) is 15.6. The third-order valence-corrected chi connectivity index (χ3v) is 4.47. The molecule has 1 heterocycles. The van der Waals surface area contributed by atoms with Crippen LogP contribution in [0.4, 0.5) is 5.69 Å². The maximum Gasteiger partial charge on any atom is 0.232 e. The van der Waals surface area contributed by atoms with Crippen molar-refractivity contribution in [2.75, 3.05) is 23.7 Å². The molecule has 4 nitrogen and oxygen atoms in total. The van der Waals surface area contributed by atoms with E-state index in [1.54, 1.807) is 0 Å². The fourth-order valence-corrected chi connectivity index (χ4v) is 3.42. The molecule has 0 fully saturated rings. The molecule has 0 radical (unpaired) electrons. The molecular weight excluding hydrogens is 248 g/mol. The van der Waals surface area contributed by atoms with Crippen molar-refractivity contribution in [3.63, 3.8) is 0 Å². The van der Waals surface area contributed by atoms with Crippen molar-refractivity contribution >= 4 is 15.7 Å². The molecule has 18 heavy (non-hydrogen) atoms. The van der Waals surface area contributed by atoms with E-state index in [1.807, 2.05) is 12.1 Å². The van der Waals surface area contributed by atoms with E-state index in [2.05, 4.69) is 6.07 Å². The summed E-state index contributed by atoms with van der Waals surface area (Å²) in [6.07, 6.45) is 5.04. The molecule has 1 aliphatic heterocycles. The number of fused-ring (bicyclic) bond motifs is 1. The van der Waals surface area contributed by atoms with Crippen LogP contribution in [0.2, 0.25) is 0 Å². The number of anilines is 1. The van der Waals surface area contributed by atoms with Crippen LogP contribution in [-0.4, -0.2) is 27.8 Å². The van der Waals surface area contributed by atoms with Crippen LogP contribution in [0.15, 0.2) is 18.2 Å². The van der Waals surface area contributed by atoms with E-state index in [9.17, 15) is 8.42 Å². The Morgan fingerprint density at radius 2 is 2.17 bits per heavy atom. The van der Waals surface area contributed by atoms with Crippen LogP contribution in [0.3, 0.4) is 0 Å². The van der Waals surface area contributed by atoms with Gasteiger partial charge < -0.3 is 5.73 Å². The molecule has 0 aromatic heterocycles. The monoisotopic (exact) mass is 268 g/mol. The lowest BCUT2D eigenvalue weighted by molar-refractivity contribution is 0.592. The highest BCUT2D eigenvalue weighted by molar-refractivity contribution is 7.92. The Labute approximate surface area is 109 Å². The predicted octanol–water partition coefficient (Wildman–Crippen LogP) is 1.29. The van der Waals surface area contributed by atoms with E-state index in [0.717, 1.165) is 36.9 Å². The molecule has 0 aliphatic carbocycles. The SMILES string of the molecule is CS(=O)(=O)N1CCCc2cc(CCCN)ccc21. The molecule has 100 valence electrons. The average Bonchev–Trinajstić information content (AvgIpc) is 2.34. The van der Waals surface area contributed by atoms with Crippen LogP contribution in [0, 0.1) is 0 Å². The zero-order valence-corrected chi connectivity index (χ0v) is 11.5. The van der Waals surface area contributed by atoms with Crippen LogP contribution in [-0.2, 0) is 22.9 Å². The average molecular weight is 268 g/mol. The number of nitrogens with zero attached hydrogens (tertiary/aromatic N) is 1. The van der Waals surface area contributed by atoms with Gasteiger partial charge in [0.2, 0.25) is 10.0 Å². The number of sulfonamides is 1. The number of nitrogens with two attached hydrogens (primary N) is 1. The van der Waals surface area contributed by atoms with E-state index in [4.69, 9.17) is 5.73 Å². The Morgan fingerprint density at radius 1 is 1.39 bits per heavy atom. The molecule has 0 spiro atoms. The largest absolute Gasteiger partial charge is 0.330 e. The second-order valence-corrected chi connectivity index (χ2v) is 6.70. The molecule has 1 aliphatic rings. The molecule has 2 N–H and O–H groups in total. The molecule has 0 bridgehead atoms. The highest BCUT2D eigenvalue weighted by Crippen LogP contribution is 2.30. The van der Waals surface area contributed by atoms with Gasteiger partial charge in [0.25, 0.3) is 0 Å².